The highest BCUT2D eigenvalue weighted by atomic mass is 32.2. The van der Waals surface area contributed by atoms with Gasteiger partial charge < -0.3 is 5.32 Å². The van der Waals surface area contributed by atoms with E-state index in [1.807, 2.05) is 6.92 Å². The average molecular weight is 206 g/mol. The molecule has 13 heavy (non-hydrogen) atoms. The van der Waals surface area contributed by atoms with Crippen molar-refractivity contribution in [3.63, 3.8) is 0 Å². The molecule has 0 aliphatic heterocycles. The van der Waals surface area contributed by atoms with Crippen molar-refractivity contribution >= 4 is 15.9 Å². The zero-order valence-corrected chi connectivity index (χ0v) is 8.36. The van der Waals surface area contributed by atoms with Gasteiger partial charge in [0.05, 0.1) is 0 Å². The summed E-state index contributed by atoms with van der Waals surface area (Å²) in [5.74, 6) is -0.447. The topological polar surface area (TPSA) is 89.3 Å². The molecule has 0 aromatic carbocycles. The molecule has 0 atom stereocenters. The fourth-order valence-corrected chi connectivity index (χ4v) is 2.16. The molecular weight excluding hydrogens is 192 g/mol. The van der Waals surface area contributed by atoms with Crippen LogP contribution in [0.15, 0.2) is 0 Å². The second kappa shape index (κ2) is 3.26. The first kappa shape index (κ1) is 10.5. The first-order chi connectivity index (χ1) is 5.94. The second-order valence-electron chi connectivity index (χ2n) is 3.30. The second-order valence-corrected chi connectivity index (χ2v) is 5.17. The summed E-state index contributed by atoms with van der Waals surface area (Å²) < 4.78 is 20.8. The Morgan fingerprint density at radius 2 is 2.08 bits per heavy atom. The number of nitrogens with one attached hydrogen (secondary N) is 1. The Bertz CT molecular complexity index is 306. The van der Waals surface area contributed by atoms with E-state index in [0.717, 1.165) is 6.42 Å². The maximum Gasteiger partial charge on any atom is 0.242 e. The summed E-state index contributed by atoms with van der Waals surface area (Å²) in [7, 11) is -3.73. The molecule has 0 aromatic rings. The number of carbonyl (C=O) groups excluding carboxylic acids is 1. The van der Waals surface area contributed by atoms with Crippen molar-refractivity contribution in [2.24, 2.45) is 5.14 Å². The molecule has 1 fully saturated rings. The molecular formula is C7H14N2O3S. The van der Waals surface area contributed by atoms with Gasteiger partial charge in [0, 0.05) is 6.54 Å². The SMILES string of the molecule is CCCNC(=O)C1(S(N)(=O)=O)CC1. The molecule has 0 radical (unpaired) electrons. The molecule has 0 bridgehead atoms. The number of amides is 1. The molecule has 0 aromatic heterocycles. The lowest BCUT2D eigenvalue weighted by Gasteiger charge is -2.11. The van der Waals surface area contributed by atoms with Gasteiger partial charge >= 0.3 is 0 Å². The van der Waals surface area contributed by atoms with Crippen molar-refractivity contribution in [3.05, 3.63) is 0 Å². The van der Waals surface area contributed by atoms with Gasteiger partial charge in [0.15, 0.2) is 4.75 Å². The van der Waals surface area contributed by atoms with Crippen molar-refractivity contribution < 1.29 is 13.2 Å². The van der Waals surface area contributed by atoms with Crippen LogP contribution in [0.25, 0.3) is 0 Å². The predicted octanol–water partition coefficient (Wildman–Crippen LogP) is -0.666. The largest absolute Gasteiger partial charge is 0.355 e. The number of hydrogen-bond donors (Lipinski definition) is 2. The van der Waals surface area contributed by atoms with Crippen molar-refractivity contribution in [1.29, 1.82) is 0 Å². The van der Waals surface area contributed by atoms with Gasteiger partial charge in [0.25, 0.3) is 0 Å². The summed E-state index contributed by atoms with van der Waals surface area (Å²) in [6.07, 6.45) is 1.48. The highest BCUT2D eigenvalue weighted by molar-refractivity contribution is 7.91. The summed E-state index contributed by atoms with van der Waals surface area (Å²) in [5.41, 5.74) is 0. The minimum absolute atomic E-state index is 0.349. The van der Waals surface area contributed by atoms with Crippen LogP contribution >= 0.6 is 0 Å². The van der Waals surface area contributed by atoms with Crippen LogP contribution in [0.3, 0.4) is 0 Å². The Morgan fingerprint density at radius 1 is 1.54 bits per heavy atom. The zero-order valence-electron chi connectivity index (χ0n) is 7.54. The van der Waals surface area contributed by atoms with E-state index in [1.165, 1.54) is 0 Å². The number of carbonyl (C=O) groups is 1. The van der Waals surface area contributed by atoms with E-state index in [9.17, 15) is 13.2 Å². The van der Waals surface area contributed by atoms with Crippen molar-refractivity contribution in [3.8, 4) is 0 Å². The van der Waals surface area contributed by atoms with Gasteiger partial charge in [-0.3, -0.25) is 4.79 Å². The molecule has 0 unspecified atom stereocenters. The van der Waals surface area contributed by atoms with Gasteiger partial charge in [-0.2, -0.15) is 0 Å². The Balaban J connectivity index is 2.67. The third kappa shape index (κ3) is 1.83. The molecule has 1 saturated carbocycles. The van der Waals surface area contributed by atoms with Gasteiger partial charge in [-0.05, 0) is 19.3 Å². The van der Waals surface area contributed by atoms with E-state index in [0.29, 0.717) is 19.4 Å². The molecule has 0 spiro atoms. The Morgan fingerprint density at radius 3 is 2.38 bits per heavy atom. The first-order valence-electron chi connectivity index (χ1n) is 4.25. The lowest BCUT2D eigenvalue weighted by atomic mass is 10.3. The summed E-state index contributed by atoms with van der Waals surface area (Å²) in [4.78, 5) is 11.4. The maximum atomic E-state index is 11.4. The molecule has 1 amide bonds. The van der Waals surface area contributed by atoms with Crippen LogP contribution in [0.2, 0.25) is 0 Å². The fourth-order valence-electron chi connectivity index (χ4n) is 1.15. The Labute approximate surface area is 77.7 Å². The van der Waals surface area contributed by atoms with E-state index >= 15 is 0 Å². The van der Waals surface area contributed by atoms with E-state index in [4.69, 9.17) is 5.14 Å². The molecule has 1 rings (SSSR count). The fraction of sp³-hybridized carbons (Fsp3) is 0.857. The van der Waals surface area contributed by atoms with Crippen LogP contribution in [0.5, 0.6) is 0 Å². The lowest BCUT2D eigenvalue weighted by Crippen LogP contribution is -2.45. The lowest BCUT2D eigenvalue weighted by molar-refractivity contribution is -0.121. The first-order valence-corrected chi connectivity index (χ1v) is 5.79. The molecule has 6 heteroatoms. The van der Waals surface area contributed by atoms with Gasteiger partial charge in [0.2, 0.25) is 15.9 Å². The third-order valence-corrected chi connectivity index (χ3v) is 3.88. The number of primary sulfonamides is 1. The number of rotatable bonds is 4. The van der Waals surface area contributed by atoms with Crippen LogP contribution in [-0.2, 0) is 14.8 Å². The van der Waals surface area contributed by atoms with Crippen molar-refractivity contribution in [2.45, 2.75) is 30.9 Å². The van der Waals surface area contributed by atoms with Crippen LogP contribution in [0, 0.1) is 0 Å². The normalized spacial score (nSPS) is 19.5. The average Bonchev–Trinajstić information content (AvgIpc) is 2.78. The monoisotopic (exact) mass is 206 g/mol. The standard InChI is InChI=1S/C7H14N2O3S/c1-2-5-9-6(10)7(3-4-7)13(8,11)12/h2-5H2,1H3,(H,9,10)(H2,8,11,12). The number of nitrogens with two attached hydrogens (primary N) is 1. The summed E-state index contributed by atoms with van der Waals surface area (Å²) in [6, 6.07) is 0. The molecule has 0 saturated heterocycles. The van der Waals surface area contributed by atoms with Crippen LogP contribution < -0.4 is 10.5 Å². The highest BCUT2D eigenvalue weighted by Crippen LogP contribution is 2.42. The Kier molecular flexibility index (Phi) is 2.63. The van der Waals surface area contributed by atoms with Gasteiger partial charge in [-0.1, -0.05) is 6.92 Å². The van der Waals surface area contributed by atoms with Gasteiger partial charge in [-0.25, -0.2) is 13.6 Å². The van der Waals surface area contributed by atoms with E-state index in [2.05, 4.69) is 5.32 Å². The summed E-state index contributed by atoms with van der Waals surface area (Å²) in [5, 5.41) is 7.50. The minimum Gasteiger partial charge on any atom is -0.355 e. The van der Waals surface area contributed by atoms with Crippen LogP contribution in [-0.4, -0.2) is 25.6 Å². The predicted molar refractivity (Wildman–Crippen MR) is 48.4 cm³/mol. The summed E-state index contributed by atoms with van der Waals surface area (Å²) >= 11 is 0. The van der Waals surface area contributed by atoms with Crippen molar-refractivity contribution in [2.75, 3.05) is 6.54 Å². The van der Waals surface area contributed by atoms with E-state index < -0.39 is 20.7 Å². The minimum atomic E-state index is -3.73. The number of sulfonamides is 1. The zero-order chi connectivity index (χ0) is 10.1. The van der Waals surface area contributed by atoms with E-state index in [-0.39, 0.29) is 0 Å². The van der Waals surface area contributed by atoms with Crippen LogP contribution in [0.4, 0.5) is 0 Å². The molecule has 3 N–H and O–H groups in total. The smallest absolute Gasteiger partial charge is 0.242 e. The quantitative estimate of drug-likeness (QED) is 0.639. The maximum absolute atomic E-state index is 11.4. The van der Waals surface area contributed by atoms with Gasteiger partial charge in [-0.15, -0.1) is 0 Å². The third-order valence-electron chi connectivity index (χ3n) is 2.20. The van der Waals surface area contributed by atoms with Gasteiger partial charge in [0.1, 0.15) is 0 Å². The van der Waals surface area contributed by atoms with Crippen LogP contribution in [0.1, 0.15) is 26.2 Å². The molecule has 5 nitrogen and oxygen atoms in total. The molecule has 1 aliphatic rings. The molecule has 0 heterocycles. The number of hydrogen-bond acceptors (Lipinski definition) is 3. The molecule has 1 aliphatic carbocycles. The summed E-state index contributed by atoms with van der Waals surface area (Å²) in [6.45, 7) is 2.40. The molecule has 76 valence electrons. The Hall–Kier alpha value is -0.620. The highest BCUT2D eigenvalue weighted by Gasteiger charge is 2.59. The van der Waals surface area contributed by atoms with Crippen molar-refractivity contribution in [1.82, 2.24) is 5.32 Å². The van der Waals surface area contributed by atoms with E-state index in [1.54, 1.807) is 0 Å².